The number of benzene rings is 3. The van der Waals surface area contributed by atoms with Crippen LogP contribution < -0.4 is 0 Å². The molecule has 1 aromatic heterocycles. The third-order valence-corrected chi connectivity index (χ3v) is 6.35. The fourth-order valence-electron chi connectivity index (χ4n) is 3.02. The Balaban J connectivity index is 1.75. The highest BCUT2D eigenvalue weighted by atomic mass is 35.5. The van der Waals surface area contributed by atoms with Crippen molar-refractivity contribution in [1.82, 2.24) is 14.8 Å². The topological polar surface area (TPSA) is 30.7 Å². The molecule has 0 saturated carbocycles. The van der Waals surface area contributed by atoms with Crippen molar-refractivity contribution in [1.29, 1.82) is 0 Å². The van der Waals surface area contributed by atoms with Gasteiger partial charge in [0.2, 0.25) is 0 Å². The molecule has 0 bridgehead atoms. The molecule has 6 heteroatoms. The summed E-state index contributed by atoms with van der Waals surface area (Å²) in [5, 5.41) is 11.1. The van der Waals surface area contributed by atoms with E-state index < -0.39 is 0 Å². The van der Waals surface area contributed by atoms with Crippen LogP contribution in [0.5, 0.6) is 0 Å². The molecule has 0 aliphatic heterocycles. The number of hydrogen-bond acceptors (Lipinski definition) is 3. The van der Waals surface area contributed by atoms with E-state index >= 15 is 0 Å². The van der Waals surface area contributed by atoms with Crippen molar-refractivity contribution in [2.24, 2.45) is 0 Å². The van der Waals surface area contributed by atoms with E-state index in [0.717, 1.165) is 27.8 Å². The Kier molecular flexibility index (Phi) is 5.95. The average molecular weight is 440 g/mol. The Morgan fingerprint density at radius 2 is 1.66 bits per heavy atom. The summed E-state index contributed by atoms with van der Waals surface area (Å²) < 4.78 is 2.11. The van der Waals surface area contributed by atoms with Gasteiger partial charge in [-0.05, 0) is 54.8 Å². The first kappa shape index (κ1) is 20.0. The van der Waals surface area contributed by atoms with Gasteiger partial charge < -0.3 is 0 Å². The van der Waals surface area contributed by atoms with Crippen LogP contribution in [0.15, 0.2) is 71.9 Å². The third-order valence-electron chi connectivity index (χ3n) is 4.79. The summed E-state index contributed by atoms with van der Waals surface area (Å²) in [6.07, 6.45) is 0. The number of halogens is 2. The highest BCUT2D eigenvalue weighted by Gasteiger charge is 2.17. The monoisotopic (exact) mass is 439 g/mol. The molecule has 0 aliphatic carbocycles. The molecule has 3 aromatic carbocycles. The minimum atomic E-state index is 0.633. The predicted molar refractivity (Wildman–Crippen MR) is 122 cm³/mol. The first-order chi connectivity index (χ1) is 14.0. The van der Waals surface area contributed by atoms with Gasteiger partial charge in [-0.2, -0.15) is 0 Å². The lowest BCUT2D eigenvalue weighted by atomic mass is 10.1. The SMILES string of the molecule is Cc1ccc(-n2c(SCc3ccc(Cl)cc3Cl)nnc2-c2ccccc2)cc1C. The van der Waals surface area contributed by atoms with Crippen LogP contribution >= 0.6 is 35.0 Å². The summed E-state index contributed by atoms with van der Waals surface area (Å²) in [4.78, 5) is 0. The number of nitrogens with zero attached hydrogens (tertiary/aromatic N) is 3. The maximum Gasteiger partial charge on any atom is 0.196 e. The fourth-order valence-corrected chi connectivity index (χ4v) is 4.53. The van der Waals surface area contributed by atoms with Gasteiger partial charge in [0.15, 0.2) is 11.0 Å². The normalized spacial score (nSPS) is 11.0. The lowest BCUT2D eigenvalue weighted by molar-refractivity contribution is 0.884. The van der Waals surface area contributed by atoms with Gasteiger partial charge in [-0.15, -0.1) is 10.2 Å². The largest absolute Gasteiger partial charge is 0.270 e. The molecule has 0 fully saturated rings. The summed E-state index contributed by atoms with van der Waals surface area (Å²) >= 11 is 14.0. The van der Waals surface area contributed by atoms with Crippen LogP contribution in [0, 0.1) is 13.8 Å². The van der Waals surface area contributed by atoms with Crippen molar-refractivity contribution in [3.63, 3.8) is 0 Å². The van der Waals surface area contributed by atoms with Crippen molar-refractivity contribution in [3.05, 3.63) is 93.5 Å². The van der Waals surface area contributed by atoms with Crippen LogP contribution in [0.1, 0.15) is 16.7 Å². The highest BCUT2D eigenvalue weighted by Crippen LogP contribution is 2.32. The Hall–Kier alpha value is -2.27. The van der Waals surface area contributed by atoms with Crippen LogP contribution in [0.2, 0.25) is 10.0 Å². The Labute approximate surface area is 184 Å². The molecule has 0 saturated heterocycles. The molecule has 0 atom stereocenters. The number of aryl methyl sites for hydroxylation is 2. The number of aromatic nitrogens is 3. The molecule has 0 N–H and O–H groups in total. The third kappa shape index (κ3) is 4.35. The first-order valence-corrected chi connectivity index (χ1v) is 10.9. The van der Waals surface area contributed by atoms with Crippen LogP contribution in [-0.2, 0) is 5.75 Å². The molecular weight excluding hydrogens is 421 g/mol. The van der Waals surface area contributed by atoms with Crippen molar-refractivity contribution < 1.29 is 0 Å². The number of hydrogen-bond donors (Lipinski definition) is 0. The van der Waals surface area contributed by atoms with E-state index in [4.69, 9.17) is 23.2 Å². The zero-order valence-electron chi connectivity index (χ0n) is 16.1. The summed E-state index contributed by atoms with van der Waals surface area (Å²) in [7, 11) is 0. The van der Waals surface area contributed by atoms with E-state index in [1.165, 1.54) is 11.1 Å². The van der Waals surface area contributed by atoms with Crippen LogP contribution in [0.25, 0.3) is 17.1 Å². The van der Waals surface area contributed by atoms with Crippen molar-refractivity contribution in [3.8, 4) is 17.1 Å². The van der Waals surface area contributed by atoms with Gasteiger partial charge in [0.25, 0.3) is 0 Å². The van der Waals surface area contributed by atoms with E-state index in [-0.39, 0.29) is 0 Å². The van der Waals surface area contributed by atoms with E-state index in [9.17, 15) is 0 Å². The van der Waals surface area contributed by atoms with Gasteiger partial charge in [-0.25, -0.2) is 0 Å². The van der Waals surface area contributed by atoms with Gasteiger partial charge in [-0.1, -0.05) is 77.4 Å². The van der Waals surface area contributed by atoms with Gasteiger partial charge in [0.05, 0.1) is 5.69 Å². The zero-order valence-corrected chi connectivity index (χ0v) is 18.4. The maximum atomic E-state index is 6.35. The second-order valence-electron chi connectivity index (χ2n) is 6.80. The molecular formula is C23H19Cl2N3S. The molecule has 0 amide bonds. The van der Waals surface area contributed by atoms with E-state index in [2.05, 4.69) is 46.8 Å². The summed E-state index contributed by atoms with van der Waals surface area (Å²) in [5.41, 5.74) is 5.56. The fraction of sp³-hybridized carbons (Fsp3) is 0.130. The Bertz CT molecular complexity index is 1160. The van der Waals surface area contributed by atoms with Crippen LogP contribution in [0.4, 0.5) is 0 Å². The average Bonchev–Trinajstić information content (AvgIpc) is 3.14. The van der Waals surface area contributed by atoms with Crippen LogP contribution in [0.3, 0.4) is 0 Å². The molecule has 3 nitrogen and oxygen atoms in total. The Morgan fingerprint density at radius 3 is 2.38 bits per heavy atom. The van der Waals surface area contributed by atoms with E-state index in [0.29, 0.717) is 15.8 Å². The predicted octanol–water partition coefficient (Wildman–Crippen LogP) is 7.15. The minimum absolute atomic E-state index is 0.633. The minimum Gasteiger partial charge on any atom is -0.270 e. The zero-order chi connectivity index (χ0) is 20.4. The second-order valence-corrected chi connectivity index (χ2v) is 8.59. The second kappa shape index (κ2) is 8.62. The van der Waals surface area contributed by atoms with Gasteiger partial charge in [0, 0.05) is 21.4 Å². The molecule has 146 valence electrons. The molecule has 29 heavy (non-hydrogen) atoms. The molecule has 0 unspecified atom stereocenters. The van der Waals surface area contributed by atoms with E-state index in [1.807, 2.05) is 42.5 Å². The number of rotatable bonds is 5. The number of thioether (sulfide) groups is 1. The van der Waals surface area contributed by atoms with Gasteiger partial charge in [-0.3, -0.25) is 4.57 Å². The lowest BCUT2D eigenvalue weighted by Crippen LogP contribution is -2.01. The lowest BCUT2D eigenvalue weighted by Gasteiger charge is -2.12. The Morgan fingerprint density at radius 1 is 0.862 bits per heavy atom. The van der Waals surface area contributed by atoms with E-state index in [1.54, 1.807) is 17.8 Å². The highest BCUT2D eigenvalue weighted by molar-refractivity contribution is 7.98. The molecule has 0 radical (unpaired) electrons. The van der Waals surface area contributed by atoms with Crippen molar-refractivity contribution in [2.75, 3.05) is 0 Å². The van der Waals surface area contributed by atoms with Gasteiger partial charge >= 0.3 is 0 Å². The van der Waals surface area contributed by atoms with Crippen molar-refractivity contribution in [2.45, 2.75) is 24.8 Å². The van der Waals surface area contributed by atoms with Crippen molar-refractivity contribution >= 4 is 35.0 Å². The summed E-state index contributed by atoms with van der Waals surface area (Å²) in [5.74, 6) is 1.49. The standard InChI is InChI=1S/C23H19Cl2N3S/c1-15-8-11-20(12-16(15)2)28-22(17-6-4-3-5-7-17)26-27-23(28)29-14-18-9-10-19(24)13-21(18)25/h3-13H,14H2,1-2H3. The summed E-state index contributed by atoms with van der Waals surface area (Å²) in [6.45, 7) is 4.23. The quantitative estimate of drug-likeness (QED) is 0.309. The molecule has 0 spiro atoms. The molecule has 4 rings (SSSR count). The van der Waals surface area contributed by atoms with Crippen LogP contribution in [-0.4, -0.2) is 14.8 Å². The maximum absolute atomic E-state index is 6.35. The summed E-state index contributed by atoms with van der Waals surface area (Å²) in [6, 6.07) is 22.1. The first-order valence-electron chi connectivity index (χ1n) is 9.18. The molecule has 1 heterocycles. The molecule has 4 aromatic rings. The van der Waals surface area contributed by atoms with Gasteiger partial charge in [0.1, 0.15) is 0 Å². The smallest absolute Gasteiger partial charge is 0.196 e. The molecule has 0 aliphatic rings.